The molecule has 0 saturated carbocycles. The third-order valence-electron chi connectivity index (χ3n) is 7.47. The molecule has 0 spiro atoms. The van der Waals surface area contributed by atoms with Gasteiger partial charge in [0, 0.05) is 10.8 Å². The monoisotopic (exact) mass is 677 g/mol. The maximum Gasteiger partial charge on any atom is 0.418 e. The number of carbonyl (C=O) groups excluding carboxylic acids is 3. The van der Waals surface area contributed by atoms with Gasteiger partial charge in [0.25, 0.3) is 0 Å². The second-order valence-corrected chi connectivity index (χ2v) is 13.2. The minimum absolute atomic E-state index is 0.152. The fraction of sp³-hybridized carbons (Fsp3) is 0.200. The molecule has 0 radical (unpaired) electrons. The number of carbonyl (C=O) groups is 3. The molecule has 226 valence electrons. The van der Waals surface area contributed by atoms with E-state index in [1.54, 1.807) is 42.5 Å². The average molecular weight is 679 g/mol. The van der Waals surface area contributed by atoms with E-state index in [1.165, 1.54) is 12.1 Å². The summed E-state index contributed by atoms with van der Waals surface area (Å²) in [5.74, 6) is -3.66. The molecule has 7 nitrogen and oxygen atoms in total. The summed E-state index contributed by atoms with van der Waals surface area (Å²) in [6.45, 7) is 1.25. The lowest BCUT2D eigenvalue weighted by molar-refractivity contribution is -0.137. The maximum absolute atomic E-state index is 14.0. The number of thiazole rings is 1. The van der Waals surface area contributed by atoms with Crippen LogP contribution in [0.2, 0.25) is 10.0 Å². The third kappa shape index (κ3) is 5.23. The van der Waals surface area contributed by atoms with Crippen LogP contribution in [0.15, 0.2) is 76.6 Å². The Hall–Kier alpha value is -3.58. The van der Waals surface area contributed by atoms with Crippen LogP contribution in [0.5, 0.6) is 0 Å². The number of nitrogens with zero attached hydrogens (tertiary/aromatic N) is 2. The number of halogens is 5. The molecule has 3 aromatic carbocycles. The van der Waals surface area contributed by atoms with E-state index in [0.717, 1.165) is 50.3 Å². The first-order valence-corrected chi connectivity index (χ1v) is 15.6. The van der Waals surface area contributed by atoms with Crippen molar-refractivity contribution >= 4 is 75.4 Å². The van der Waals surface area contributed by atoms with E-state index in [9.17, 15) is 32.3 Å². The van der Waals surface area contributed by atoms with Crippen LogP contribution in [0.4, 0.5) is 24.5 Å². The van der Waals surface area contributed by atoms with Crippen molar-refractivity contribution in [3.63, 3.8) is 0 Å². The largest absolute Gasteiger partial charge is 0.418 e. The van der Waals surface area contributed by atoms with Crippen molar-refractivity contribution < 1.29 is 27.6 Å². The van der Waals surface area contributed by atoms with E-state index >= 15 is 0 Å². The summed E-state index contributed by atoms with van der Waals surface area (Å²) in [6.07, 6.45) is -4.71. The number of aromatic nitrogens is 1. The second kappa shape index (κ2) is 11.4. The Balaban J connectivity index is 1.42. The van der Waals surface area contributed by atoms with E-state index in [1.807, 2.05) is 6.92 Å². The minimum atomic E-state index is -4.71. The van der Waals surface area contributed by atoms with Gasteiger partial charge in [0.15, 0.2) is 0 Å². The molecule has 3 heterocycles. The molecule has 4 aromatic rings. The molecule has 3 amide bonds. The Morgan fingerprint density at radius 3 is 2.36 bits per heavy atom. The Labute approximate surface area is 266 Å². The van der Waals surface area contributed by atoms with Crippen molar-refractivity contribution in [2.75, 3.05) is 10.2 Å². The van der Waals surface area contributed by atoms with Crippen LogP contribution in [0, 0.1) is 12.8 Å². The number of rotatable bonds is 5. The van der Waals surface area contributed by atoms with Crippen molar-refractivity contribution in [2.45, 2.75) is 35.8 Å². The number of thioether (sulfide) groups is 1. The number of para-hydroxylation sites is 1. The zero-order chi connectivity index (χ0) is 31.5. The minimum Gasteiger partial charge on any atom is -0.324 e. The van der Waals surface area contributed by atoms with Gasteiger partial charge in [-0.15, -0.1) is 0 Å². The highest BCUT2D eigenvalue weighted by Crippen LogP contribution is 2.55. The third-order valence-corrected chi connectivity index (χ3v) is 10.9. The molecule has 6 rings (SSSR count). The number of amides is 3. The predicted molar refractivity (Wildman–Crippen MR) is 164 cm³/mol. The number of hydrogen-bond donors (Lipinski definition) is 1. The Morgan fingerprint density at radius 2 is 1.66 bits per heavy atom. The smallest absolute Gasteiger partial charge is 0.324 e. The first-order valence-electron chi connectivity index (χ1n) is 13.1. The zero-order valence-corrected chi connectivity index (χ0v) is 25.7. The molecule has 0 bridgehead atoms. The summed E-state index contributed by atoms with van der Waals surface area (Å²) in [5, 5.41) is 1.89. The predicted octanol–water partition coefficient (Wildman–Crippen LogP) is 6.98. The molecule has 2 aliphatic rings. The topological polar surface area (TPSA) is 88.5 Å². The van der Waals surface area contributed by atoms with E-state index in [2.05, 4.69) is 5.32 Å². The molecule has 1 fully saturated rings. The number of fused-ring (bicyclic) bond motifs is 2. The van der Waals surface area contributed by atoms with Gasteiger partial charge in [0.1, 0.15) is 11.8 Å². The molecule has 1 aromatic heterocycles. The van der Waals surface area contributed by atoms with Crippen LogP contribution in [0.3, 0.4) is 0 Å². The molecule has 1 saturated heterocycles. The van der Waals surface area contributed by atoms with Crippen molar-refractivity contribution in [3.05, 3.63) is 108 Å². The zero-order valence-electron chi connectivity index (χ0n) is 22.5. The van der Waals surface area contributed by atoms with E-state index in [0.29, 0.717) is 16.1 Å². The summed E-state index contributed by atoms with van der Waals surface area (Å²) in [6, 6.07) is 16.3. The van der Waals surface area contributed by atoms with Gasteiger partial charge in [0.2, 0.25) is 17.7 Å². The van der Waals surface area contributed by atoms with Crippen LogP contribution in [0.1, 0.15) is 27.5 Å². The maximum atomic E-state index is 14.0. The fourth-order valence-corrected chi connectivity index (χ4v) is 8.66. The van der Waals surface area contributed by atoms with Crippen molar-refractivity contribution in [1.82, 2.24) is 4.57 Å². The number of imide groups is 1. The van der Waals surface area contributed by atoms with Crippen LogP contribution in [-0.4, -0.2) is 27.5 Å². The van der Waals surface area contributed by atoms with E-state index in [4.69, 9.17) is 23.2 Å². The molecular formula is C30H20Cl2F3N3O4S2. The summed E-state index contributed by atoms with van der Waals surface area (Å²) in [5.41, 5.74) is 0.265. The van der Waals surface area contributed by atoms with Gasteiger partial charge in [0.05, 0.1) is 37.9 Å². The quantitative estimate of drug-likeness (QED) is 0.230. The SMILES string of the molecule is Cc1ccc(N2C(=O)C3Sc4c(sc(=O)n4CC(=O)Nc4ccccc4C(F)(F)F)[C@H](c4cccc(Cl)c4Cl)C3C2=O)cc1. The highest BCUT2D eigenvalue weighted by atomic mass is 35.5. The highest BCUT2D eigenvalue weighted by molar-refractivity contribution is 8.00. The first-order chi connectivity index (χ1) is 20.9. The first kappa shape index (κ1) is 30.4. The molecule has 2 unspecified atom stereocenters. The normalized spacial score (nSPS) is 19.6. The lowest BCUT2D eigenvalue weighted by Crippen LogP contribution is -2.33. The molecular weight excluding hydrogens is 658 g/mol. The second-order valence-electron chi connectivity index (χ2n) is 10.2. The van der Waals surface area contributed by atoms with Crippen molar-refractivity contribution in [3.8, 4) is 0 Å². The fourth-order valence-electron chi connectivity index (χ4n) is 5.47. The highest BCUT2D eigenvalue weighted by Gasteiger charge is 2.57. The number of anilines is 2. The Morgan fingerprint density at radius 1 is 0.955 bits per heavy atom. The summed E-state index contributed by atoms with van der Waals surface area (Å²) >= 11 is 14.7. The van der Waals surface area contributed by atoms with Crippen molar-refractivity contribution in [2.24, 2.45) is 5.92 Å². The van der Waals surface area contributed by atoms with Crippen LogP contribution in [0.25, 0.3) is 0 Å². The number of alkyl halides is 3. The molecule has 0 aliphatic carbocycles. The number of hydrogen-bond acceptors (Lipinski definition) is 6. The number of benzene rings is 3. The summed E-state index contributed by atoms with van der Waals surface area (Å²) in [4.78, 5) is 55.1. The molecule has 2 aliphatic heterocycles. The lowest BCUT2D eigenvalue weighted by Gasteiger charge is -2.31. The summed E-state index contributed by atoms with van der Waals surface area (Å²) < 4.78 is 41.6. The molecule has 44 heavy (non-hydrogen) atoms. The molecule has 1 N–H and O–H groups in total. The van der Waals surface area contributed by atoms with Gasteiger partial charge in [-0.25, -0.2) is 4.90 Å². The van der Waals surface area contributed by atoms with E-state index in [-0.39, 0.29) is 15.1 Å². The molecule has 14 heteroatoms. The van der Waals surface area contributed by atoms with Gasteiger partial charge in [-0.1, -0.05) is 88.3 Å². The van der Waals surface area contributed by atoms with Gasteiger partial charge in [-0.2, -0.15) is 13.2 Å². The van der Waals surface area contributed by atoms with Gasteiger partial charge in [-0.3, -0.25) is 23.7 Å². The van der Waals surface area contributed by atoms with E-state index < -0.39 is 63.7 Å². The number of aryl methyl sites for hydroxylation is 1. The average Bonchev–Trinajstić information content (AvgIpc) is 3.41. The van der Waals surface area contributed by atoms with Crippen molar-refractivity contribution in [1.29, 1.82) is 0 Å². The van der Waals surface area contributed by atoms with Crippen LogP contribution >= 0.6 is 46.3 Å². The standard InChI is InChI=1S/C30H20Cl2F3N3O4S2/c1-14-9-11-15(12-10-14)38-26(40)22-21(16-5-4-7-18(31)23(16)32)25-28(43-24(22)27(38)41)37(29(42)44-25)13-20(39)36-19-8-3-2-6-17(19)30(33,34)35/h2-12,21-22,24H,13H2,1H3,(H,36,39)/t21-,22?,24?/m1/s1. The van der Waals surface area contributed by atoms with Gasteiger partial charge < -0.3 is 5.32 Å². The van der Waals surface area contributed by atoms with Gasteiger partial charge >= 0.3 is 11.0 Å². The molecule has 3 atom stereocenters. The lowest BCUT2D eigenvalue weighted by atomic mass is 9.83. The Bertz CT molecular complexity index is 1890. The number of nitrogens with one attached hydrogen (secondary N) is 1. The van der Waals surface area contributed by atoms with Crippen LogP contribution in [-0.2, 0) is 27.1 Å². The Kier molecular flexibility index (Phi) is 7.89. The van der Waals surface area contributed by atoms with Gasteiger partial charge in [-0.05, 0) is 42.8 Å². The van der Waals surface area contributed by atoms with Crippen LogP contribution < -0.4 is 15.1 Å². The summed E-state index contributed by atoms with van der Waals surface area (Å²) in [7, 11) is 0.